The zero-order valence-corrected chi connectivity index (χ0v) is 10.6. The van der Waals surface area contributed by atoms with Crippen molar-refractivity contribution in [3.05, 3.63) is 82.2 Å². The Morgan fingerprint density at radius 1 is 1.00 bits per heavy atom. The first-order valence-corrected chi connectivity index (χ1v) is 6.07. The topological polar surface area (TPSA) is 69.0 Å². The molecule has 0 aliphatic rings. The van der Waals surface area contributed by atoms with Gasteiger partial charge in [0.05, 0.1) is 6.04 Å². The molecule has 0 radical (unpaired) electrons. The van der Waals surface area contributed by atoms with E-state index in [4.69, 9.17) is 5.53 Å². The van der Waals surface area contributed by atoms with E-state index in [2.05, 4.69) is 10.0 Å². The third-order valence-corrected chi connectivity index (χ3v) is 3.26. The standard InChI is InChI=1S/C15H15N3O/c1-12(17-18-16)15(19,13-8-4-2-5-9-13)14-10-6-3-7-11-14/h2-12,19H,1H3. The average Bonchev–Trinajstić information content (AvgIpc) is 2.48. The number of benzene rings is 2. The number of hydrogen-bond donors (Lipinski definition) is 1. The lowest BCUT2D eigenvalue weighted by atomic mass is 9.81. The molecular weight excluding hydrogens is 238 g/mol. The van der Waals surface area contributed by atoms with Gasteiger partial charge in [0.15, 0.2) is 0 Å². The minimum atomic E-state index is -1.32. The number of aliphatic hydroxyl groups is 1. The summed E-state index contributed by atoms with van der Waals surface area (Å²) in [6.45, 7) is 1.71. The van der Waals surface area contributed by atoms with Crippen molar-refractivity contribution in [2.24, 2.45) is 5.11 Å². The van der Waals surface area contributed by atoms with Gasteiger partial charge in [-0.05, 0) is 16.7 Å². The molecule has 1 N–H and O–H groups in total. The van der Waals surface area contributed by atoms with E-state index in [-0.39, 0.29) is 0 Å². The van der Waals surface area contributed by atoms with Gasteiger partial charge in [0.2, 0.25) is 0 Å². The Kier molecular flexibility index (Phi) is 3.85. The SMILES string of the molecule is CC(N=[N+]=[N-])C(O)(c1ccccc1)c1ccccc1. The molecule has 0 aliphatic heterocycles. The van der Waals surface area contributed by atoms with Crippen molar-refractivity contribution in [1.29, 1.82) is 0 Å². The lowest BCUT2D eigenvalue weighted by molar-refractivity contribution is 0.0580. The van der Waals surface area contributed by atoms with Gasteiger partial charge in [0, 0.05) is 4.91 Å². The first kappa shape index (κ1) is 13.1. The van der Waals surface area contributed by atoms with Crippen molar-refractivity contribution in [3.63, 3.8) is 0 Å². The van der Waals surface area contributed by atoms with Gasteiger partial charge in [-0.25, -0.2) is 0 Å². The summed E-state index contributed by atoms with van der Waals surface area (Å²) in [6.07, 6.45) is 0. The molecule has 0 spiro atoms. The molecule has 0 saturated heterocycles. The monoisotopic (exact) mass is 253 g/mol. The Morgan fingerprint density at radius 3 is 1.79 bits per heavy atom. The smallest absolute Gasteiger partial charge is 0.123 e. The maximum absolute atomic E-state index is 11.1. The first-order chi connectivity index (χ1) is 9.19. The predicted octanol–water partition coefficient (Wildman–Crippen LogP) is 3.62. The Labute approximate surface area is 112 Å². The second-order valence-electron chi connectivity index (χ2n) is 4.38. The van der Waals surface area contributed by atoms with Crippen LogP contribution in [0.15, 0.2) is 65.8 Å². The molecule has 4 heteroatoms. The normalized spacial score (nSPS) is 12.5. The van der Waals surface area contributed by atoms with E-state index in [0.717, 1.165) is 0 Å². The molecule has 0 amide bonds. The lowest BCUT2D eigenvalue weighted by Crippen LogP contribution is -2.37. The van der Waals surface area contributed by atoms with Gasteiger partial charge in [-0.2, -0.15) is 0 Å². The predicted molar refractivity (Wildman–Crippen MR) is 74.5 cm³/mol. The number of nitrogens with zero attached hydrogens (tertiary/aromatic N) is 3. The highest BCUT2D eigenvalue weighted by molar-refractivity contribution is 5.37. The summed E-state index contributed by atoms with van der Waals surface area (Å²) in [4.78, 5) is 2.82. The van der Waals surface area contributed by atoms with Crippen LogP contribution >= 0.6 is 0 Å². The third-order valence-electron chi connectivity index (χ3n) is 3.26. The fourth-order valence-electron chi connectivity index (χ4n) is 2.19. The van der Waals surface area contributed by atoms with Crippen molar-refractivity contribution in [2.45, 2.75) is 18.6 Å². The third kappa shape index (κ3) is 2.45. The highest BCUT2D eigenvalue weighted by Gasteiger charge is 2.36. The first-order valence-electron chi connectivity index (χ1n) is 6.07. The second-order valence-corrected chi connectivity index (χ2v) is 4.38. The molecule has 1 unspecified atom stereocenters. The zero-order chi connectivity index (χ0) is 13.7. The highest BCUT2D eigenvalue weighted by Crippen LogP contribution is 2.34. The fraction of sp³-hybridized carbons (Fsp3) is 0.200. The molecule has 2 rings (SSSR count). The van der Waals surface area contributed by atoms with Crippen LogP contribution in [0.4, 0.5) is 0 Å². The Bertz CT molecular complexity index is 537. The molecule has 19 heavy (non-hydrogen) atoms. The summed E-state index contributed by atoms with van der Waals surface area (Å²) < 4.78 is 0. The van der Waals surface area contributed by atoms with E-state index in [9.17, 15) is 5.11 Å². The molecule has 0 bridgehead atoms. The fourth-order valence-corrected chi connectivity index (χ4v) is 2.19. The van der Waals surface area contributed by atoms with Crippen LogP contribution in [0.3, 0.4) is 0 Å². The summed E-state index contributed by atoms with van der Waals surface area (Å²) in [5, 5.41) is 14.8. The van der Waals surface area contributed by atoms with E-state index in [1.165, 1.54) is 0 Å². The molecule has 2 aromatic carbocycles. The highest BCUT2D eigenvalue weighted by atomic mass is 16.3. The molecule has 1 atom stereocenters. The van der Waals surface area contributed by atoms with Crippen molar-refractivity contribution in [2.75, 3.05) is 0 Å². The second kappa shape index (κ2) is 5.57. The van der Waals surface area contributed by atoms with Crippen LogP contribution < -0.4 is 0 Å². The summed E-state index contributed by atoms with van der Waals surface area (Å²) >= 11 is 0. The largest absolute Gasteiger partial charge is 0.380 e. The van der Waals surface area contributed by atoms with Crippen LogP contribution in [0.2, 0.25) is 0 Å². The number of azide groups is 1. The van der Waals surface area contributed by atoms with Crippen molar-refractivity contribution in [3.8, 4) is 0 Å². The molecular formula is C15H15N3O. The average molecular weight is 253 g/mol. The minimum Gasteiger partial charge on any atom is -0.380 e. The Hall–Kier alpha value is -2.29. The van der Waals surface area contributed by atoms with E-state index >= 15 is 0 Å². The van der Waals surface area contributed by atoms with Gasteiger partial charge in [-0.15, -0.1) is 0 Å². The Morgan fingerprint density at radius 2 is 1.42 bits per heavy atom. The molecule has 0 aromatic heterocycles. The quantitative estimate of drug-likeness (QED) is 0.504. The van der Waals surface area contributed by atoms with Crippen LogP contribution in [0, 0.1) is 0 Å². The van der Waals surface area contributed by atoms with Crippen LogP contribution in [-0.2, 0) is 5.60 Å². The van der Waals surface area contributed by atoms with Gasteiger partial charge >= 0.3 is 0 Å². The van der Waals surface area contributed by atoms with Crippen molar-refractivity contribution < 1.29 is 5.11 Å². The summed E-state index contributed by atoms with van der Waals surface area (Å²) in [5.74, 6) is 0. The van der Waals surface area contributed by atoms with Gasteiger partial charge in [0.25, 0.3) is 0 Å². The number of rotatable bonds is 4. The molecule has 0 fully saturated rings. The Balaban J connectivity index is 2.60. The summed E-state index contributed by atoms with van der Waals surface area (Å²) in [5.41, 5.74) is 8.74. The maximum Gasteiger partial charge on any atom is 0.123 e. The summed E-state index contributed by atoms with van der Waals surface area (Å²) in [7, 11) is 0. The summed E-state index contributed by atoms with van der Waals surface area (Å²) in [6, 6.07) is 17.9. The van der Waals surface area contributed by atoms with Crippen LogP contribution in [0.5, 0.6) is 0 Å². The molecule has 2 aromatic rings. The van der Waals surface area contributed by atoms with E-state index in [0.29, 0.717) is 11.1 Å². The van der Waals surface area contributed by atoms with Crippen molar-refractivity contribution in [1.82, 2.24) is 0 Å². The van der Waals surface area contributed by atoms with Crippen LogP contribution in [0.1, 0.15) is 18.1 Å². The molecule has 4 nitrogen and oxygen atoms in total. The molecule has 0 aliphatic carbocycles. The van der Waals surface area contributed by atoms with Crippen LogP contribution in [-0.4, -0.2) is 11.1 Å². The van der Waals surface area contributed by atoms with Crippen molar-refractivity contribution >= 4 is 0 Å². The minimum absolute atomic E-state index is 0.609. The molecule has 0 heterocycles. The van der Waals surface area contributed by atoms with Gasteiger partial charge in [-0.1, -0.05) is 72.7 Å². The number of hydrogen-bond acceptors (Lipinski definition) is 2. The van der Waals surface area contributed by atoms with E-state index in [1.807, 2.05) is 60.7 Å². The van der Waals surface area contributed by atoms with E-state index in [1.54, 1.807) is 6.92 Å². The molecule has 0 saturated carbocycles. The van der Waals surface area contributed by atoms with Gasteiger partial charge in [-0.3, -0.25) is 0 Å². The molecule has 96 valence electrons. The van der Waals surface area contributed by atoms with Gasteiger partial charge in [0.1, 0.15) is 5.60 Å². The van der Waals surface area contributed by atoms with Crippen LogP contribution in [0.25, 0.3) is 10.4 Å². The zero-order valence-electron chi connectivity index (χ0n) is 10.6. The maximum atomic E-state index is 11.1. The van der Waals surface area contributed by atoms with Gasteiger partial charge < -0.3 is 5.11 Å². The lowest BCUT2D eigenvalue weighted by Gasteiger charge is -2.32. The van der Waals surface area contributed by atoms with E-state index < -0.39 is 11.6 Å².